The molecular weight excluding hydrogens is 166 g/mol. The third kappa shape index (κ3) is 6.74. The Bertz CT molecular complexity index is 96.0. The van der Waals surface area contributed by atoms with E-state index in [2.05, 4.69) is 25.1 Å². The van der Waals surface area contributed by atoms with Crippen molar-refractivity contribution in [3.05, 3.63) is 12.7 Å². The molecule has 1 N–H and O–H groups in total. The minimum absolute atomic E-state index is 0.648. The number of thioether (sulfide) groups is 1. The molecule has 12 heavy (non-hydrogen) atoms. The minimum atomic E-state index is 0.648. The number of hydrogen-bond donors (Lipinski definition) is 1. The zero-order valence-electron chi connectivity index (χ0n) is 8.31. The smallest absolute Gasteiger partial charge is 0.0109 e. The van der Waals surface area contributed by atoms with Gasteiger partial charge in [-0.25, -0.2) is 0 Å². The van der Waals surface area contributed by atoms with Crippen LogP contribution in [0.25, 0.3) is 0 Å². The summed E-state index contributed by atoms with van der Waals surface area (Å²) >= 11 is 1.91. The van der Waals surface area contributed by atoms with Crippen molar-refractivity contribution in [3.63, 3.8) is 0 Å². The summed E-state index contributed by atoms with van der Waals surface area (Å²) in [6.07, 6.45) is 7.74. The molecule has 0 saturated carbocycles. The van der Waals surface area contributed by atoms with Crippen molar-refractivity contribution in [3.8, 4) is 0 Å². The highest BCUT2D eigenvalue weighted by Gasteiger charge is 2.03. The summed E-state index contributed by atoms with van der Waals surface area (Å²) in [6, 6.07) is 0.648. The highest BCUT2D eigenvalue weighted by Crippen LogP contribution is 2.04. The quantitative estimate of drug-likeness (QED) is 0.586. The number of rotatable bonds is 8. The molecule has 0 bridgehead atoms. The first kappa shape index (κ1) is 12.0. The van der Waals surface area contributed by atoms with Crippen LogP contribution in [0.1, 0.15) is 26.2 Å². The van der Waals surface area contributed by atoms with Gasteiger partial charge in [0.1, 0.15) is 0 Å². The van der Waals surface area contributed by atoms with E-state index in [9.17, 15) is 0 Å². The molecule has 0 aliphatic carbocycles. The highest BCUT2D eigenvalue weighted by molar-refractivity contribution is 7.98. The molecule has 0 rings (SSSR count). The molecule has 0 saturated heterocycles. The summed E-state index contributed by atoms with van der Waals surface area (Å²) < 4.78 is 0. The second kappa shape index (κ2) is 9.14. The van der Waals surface area contributed by atoms with Gasteiger partial charge in [0.25, 0.3) is 0 Å². The van der Waals surface area contributed by atoms with Gasteiger partial charge in [-0.15, -0.1) is 6.58 Å². The Balaban J connectivity index is 3.46. The second-order valence-electron chi connectivity index (χ2n) is 2.96. The lowest BCUT2D eigenvalue weighted by Gasteiger charge is -2.15. The van der Waals surface area contributed by atoms with Gasteiger partial charge in [-0.2, -0.15) is 11.8 Å². The van der Waals surface area contributed by atoms with E-state index in [-0.39, 0.29) is 0 Å². The van der Waals surface area contributed by atoms with Crippen LogP contribution in [-0.4, -0.2) is 24.6 Å². The Morgan fingerprint density at radius 1 is 1.58 bits per heavy atom. The van der Waals surface area contributed by atoms with Crippen molar-refractivity contribution >= 4 is 11.8 Å². The van der Waals surface area contributed by atoms with Crippen LogP contribution >= 0.6 is 11.8 Å². The topological polar surface area (TPSA) is 12.0 Å². The van der Waals surface area contributed by atoms with Gasteiger partial charge >= 0.3 is 0 Å². The van der Waals surface area contributed by atoms with Crippen LogP contribution in [-0.2, 0) is 0 Å². The van der Waals surface area contributed by atoms with E-state index in [1.807, 2.05) is 17.8 Å². The molecule has 0 aromatic heterocycles. The van der Waals surface area contributed by atoms with Crippen molar-refractivity contribution in [2.75, 3.05) is 18.6 Å². The summed E-state index contributed by atoms with van der Waals surface area (Å²) in [5, 5.41) is 3.52. The molecule has 0 aromatic carbocycles. The zero-order valence-corrected chi connectivity index (χ0v) is 9.12. The third-order valence-electron chi connectivity index (χ3n) is 1.80. The molecule has 0 spiro atoms. The first-order valence-corrected chi connectivity index (χ1v) is 6.07. The molecular formula is C10H21NS. The first-order valence-electron chi connectivity index (χ1n) is 4.68. The summed E-state index contributed by atoms with van der Waals surface area (Å²) in [6.45, 7) is 7.10. The van der Waals surface area contributed by atoms with Crippen LogP contribution in [0.15, 0.2) is 12.7 Å². The fourth-order valence-electron chi connectivity index (χ4n) is 1.11. The van der Waals surface area contributed by atoms with E-state index >= 15 is 0 Å². The van der Waals surface area contributed by atoms with E-state index in [1.54, 1.807) is 0 Å². The Morgan fingerprint density at radius 2 is 2.33 bits per heavy atom. The van der Waals surface area contributed by atoms with Gasteiger partial charge in [-0.3, -0.25) is 0 Å². The Hall–Kier alpha value is 0.0500. The van der Waals surface area contributed by atoms with Crippen LogP contribution in [0.4, 0.5) is 0 Å². The minimum Gasteiger partial charge on any atom is -0.314 e. The van der Waals surface area contributed by atoms with Crippen molar-refractivity contribution in [2.24, 2.45) is 0 Å². The van der Waals surface area contributed by atoms with E-state index in [1.165, 1.54) is 18.6 Å². The molecule has 1 unspecified atom stereocenters. The molecule has 1 atom stereocenters. The van der Waals surface area contributed by atoms with Crippen molar-refractivity contribution in [2.45, 2.75) is 32.2 Å². The number of hydrogen-bond acceptors (Lipinski definition) is 2. The molecule has 0 heterocycles. The molecule has 72 valence electrons. The van der Waals surface area contributed by atoms with Gasteiger partial charge in [0.05, 0.1) is 0 Å². The van der Waals surface area contributed by atoms with Crippen LogP contribution in [0.3, 0.4) is 0 Å². The predicted molar refractivity (Wildman–Crippen MR) is 59.9 cm³/mol. The van der Waals surface area contributed by atoms with Gasteiger partial charge in [-0.1, -0.05) is 13.0 Å². The zero-order chi connectivity index (χ0) is 9.23. The molecule has 0 aromatic rings. The average Bonchev–Trinajstić information content (AvgIpc) is 2.10. The lowest BCUT2D eigenvalue weighted by molar-refractivity contribution is 0.505. The molecule has 1 nitrogen and oxygen atoms in total. The molecule has 0 aliphatic heterocycles. The molecule has 0 radical (unpaired) electrons. The highest BCUT2D eigenvalue weighted by atomic mass is 32.2. The summed E-state index contributed by atoms with van der Waals surface area (Å²) in [7, 11) is 0. The SMILES string of the molecule is C=CCC(CCSC)NCCC. The van der Waals surface area contributed by atoms with Gasteiger partial charge in [0, 0.05) is 6.04 Å². The van der Waals surface area contributed by atoms with Crippen LogP contribution < -0.4 is 5.32 Å². The standard InChI is InChI=1S/C10H21NS/c1-4-6-10(7-9-12-3)11-8-5-2/h4,10-11H,1,5-9H2,2-3H3. The summed E-state index contributed by atoms with van der Waals surface area (Å²) in [5.74, 6) is 1.25. The predicted octanol–water partition coefficient (Wildman–Crippen LogP) is 2.68. The van der Waals surface area contributed by atoms with Crippen molar-refractivity contribution in [1.82, 2.24) is 5.32 Å². The van der Waals surface area contributed by atoms with Gasteiger partial charge < -0.3 is 5.32 Å². The number of nitrogens with one attached hydrogen (secondary N) is 1. The van der Waals surface area contributed by atoms with Crippen LogP contribution in [0.5, 0.6) is 0 Å². The fourth-order valence-corrected chi connectivity index (χ4v) is 1.63. The molecule has 0 fully saturated rings. The maximum atomic E-state index is 3.77. The monoisotopic (exact) mass is 187 g/mol. The van der Waals surface area contributed by atoms with Crippen LogP contribution in [0, 0.1) is 0 Å². The van der Waals surface area contributed by atoms with E-state index in [0.29, 0.717) is 6.04 Å². The summed E-state index contributed by atoms with van der Waals surface area (Å²) in [4.78, 5) is 0. The lowest BCUT2D eigenvalue weighted by atomic mass is 10.1. The fraction of sp³-hybridized carbons (Fsp3) is 0.800. The first-order chi connectivity index (χ1) is 5.85. The molecule has 0 aliphatic rings. The van der Waals surface area contributed by atoms with Gasteiger partial charge in [0.2, 0.25) is 0 Å². The second-order valence-corrected chi connectivity index (χ2v) is 3.94. The van der Waals surface area contributed by atoms with Gasteiger partial charge in [0.15, 0.2) is 0 Å². The summed E-state index contributed by atoms with van der Waals surface area (Å²) in [5.41, 5.74) is 0. The average molecular weight is 187 g/mol. The maximum absolute atomic E-state index is 3.77. The van der Waals surface area contributed by atoms with E-state index in [0.717, 1.165) is 13.0 Å². The Morgan fingerprint density at radius 3 is 2.83 bits per heavy atom. The largest absolute Gasteiger partial charge is 0.314 e. The van der Waals surface area contributed by atoms with E-state index < -0.39 is 0 Å². The molecule has 2 heteroatoms. The van der Waals surface area contributed by atoms with Gasteiger partial charge in [-0.05, 0) is 37.8 Å². The third-order valence-corrected chi connectivity index (χ3v) is 2.45. The lowest BCUT2D eigenvalue weighted by Crippen LogP contribution is -2.29. The normalized spacial score (nSPS) is 12.8. The van der Waals surface area contributed by atoms with Crippen LogP contribution in [0.2, 0.25) is 0 Å². The Labute approximate surface area is 81.0 Å². The maximum Gasteiger partial charge on any atom is 0.0109 e. The Kier molecular flexibility index (Phi) is 9.18. The van der Waals surface area contributed by atoms with Crippen molar-refractivity contribution < 1.29 is 0 Å². The van der Waals surface area contributed by atoms with Crippen molar-refractivity contribution in [1.29, 1.82) is 0 Å². The van der Waals surface area contributed by atoms with E-state index in [4.69, 9.17) is 0 Å². The molecule has 0 amide bonds.